The van der Waals surface area contributed by atoms with E-state index in [-0.39, 0.29) is 25.7 Å². The van der Waals surface area contributed by atoms with E-state index in [0.29, 0.717) is 31.6 Å². The molecule has 0 heterocycles. The van der Waals surface area contributed by atoms with Gasteiger partial charge in [-0.05, 0) is 49.4 Å². The highest BCUT2D eigenvalue weighted by Gasteiger charge is 2.30. The Morgan fingerprint density at radius 3 is 0.614 bits per heavy atom. The van der Waals surface area contributed by atoms with Crippen LogP contribution in [0.4, 0.5) is 0 Å². The molecule has 3 N–H and O–H groups in total. The molecule has 0 spiro atoms. The maximum atomic E-state index is 13.1. The van der Waals surface area contributed by atoms with Crippen molar-refractivity contribution in [1.82, 2.24) is 0 Å². The van der Waals surface area contributed by atoms with Crippen molar-refractivity contribution in [2.24, 2.45) is 23.7 Å². The fraction of sp³-hybridized carbons (Fsp3) is 0.951. The summed E-state index contributed by atoms with van der Waals surface area (Å²) in [7, 11) is -9.92. The molecule has 101 heavy (non-hydrogen) atoms. The molecule has 0 bridgehead atoms. The number of phosphoric ester groups is 2. The van der Waals surface area contributed by atoms with Crippen LogP contribution in [-0.4, -0.2) is 96.7 Å². The van der Waals surface area contributed by atoms with Gasteiger partial charge in [0.25, 0.3) is 0 Å². The van der Waals surface area contributed by atoms with Crippen molar-refractivity contribution >= 4 is 39.5 Å². The molecule has 5 atom stereocenters. The highest BCUT2D eigenvalue weighted by atomic mass is 31.2. The van der Waals surface area contributed by atoms with Crippen molar-refractivity contribution in [3.05, 3.63) is 0 Å². The first kappa shape index (κ1) is 99.1. The van der Waals surface area contributed by atoms with Gasteiger partial charge >= 0.3 is 39.5 Å². The molecule has 19 heteroatoms. The number of aliphatic hydroxyl groups excluding tert-OH is 1. The first-order valence-corrected chi connectivity index (χ1v) is 45.2. The van der Waals surface area contributed by atoms with Gasteiger partial charge in [-0.2, -0.15) is 0 Å². The van der Waals surface area contributed by atoms with Gasteiger partial charge in [0.1, 0.15) is 19.3 Å². The summed E-state index contributed by atoms with van der Waals surface area (Å²) >= 11 is 0. The van der Waals surface area contributed by atoms with Crippen molar-refractivity contribution < 1.29 is 80.2 Å². The molecule has 0 rings (SSSR count). The minimum Gasteiger partial charge on any atom is -0.462 e. The SMILES string of the molecule is CC(C)CCCCCCCCCCCCCCCCCCCCC(=O)OC[C@H](COP(=O)(O)OCC(O)COP(=O)(O)OC[C@@H](COC(=O)CCCCCCCCCC(C)C)OC(=O)CCCCCCCCCCCCCCCCC(C)C)OC(=O)CCCCCCCCCCCCC(C)C. The Kier molecular flexibility index (Phi) is 69.6. The van der Waals surface area contributed by atoms with Crippen molar-refractivity contribution in [2.75, 3.05) is 39.6 Å². The number of phosphoric acid groups is 2. The van der Waals surface area contributed by atoms with E-state index < -0.39 is 97.5 Å². The van der Waals surface area contributed by atoms with Gasteiger partial charge in [-0.25, -0.2) is 9.13 Å². The van der Waals surface area contributed by atoms with Crippen LogP contribution in [0, 0.1) is 23.7 Å². The van der Waals surface area contributed by atoms with E-state index in [1.165, 1.54) is 218 Å². The van der Waals surface area contributed by atoms with Crippen molar-refractivity contribution in [1.29, 1.82) is 0 Å². The number of hydrogen-bond acceptors (Lipinski definition) is 15. The maximum Gasteiger partial charge on any atom is 0.472 e. The third kappa shape index (κ3) is 76.1. The summed E-state index contributed by atoms with van der Waals surface area (Å²) in [5, 5.41) is 10.6. The number of hydrogen-bond donors (Lipinski definition) is 3. The van der Waals surface area contributed by atoms with Crippen LogP contribution in [0.25, 0.3) is 0 Å². The van der Waals surface area contributed by atoms with E-state index in [0.717, 1.165) is 114 Å². The van der Waals surface area contributed by atoms with Gasteiger partial charge in [-0.3, -0.25) is 37.3 Å². The lowest BCUT2D eigenvalue weighted by Gasteiger charge is -2.21. The van der Waals surface area contributed by atoms with Gasteiger partial charge in [0.15, 0.2) is 12.2 Å². The lowest BCUT2D eigenvalue weighted by Crippen LogP contribution is -2.30. The van der Waals surface area contributed by atoms with E-state index in [9.17, 15) is 43.2 Å². The summed E-state index contributed by atoms with van der Waals surface area (Å²) < 4.78 is 68.7. The molecule has 0 saturated heterocycles. The summed E-state index contributed by atoms with van der Waals surface area (Å²) in [4.78, 5) is 73.0. The Morgan fingerprint density at radius 2 is 0.416 bits per heavy atom. The maximum absolute atomic E-state index is 13.1. The summed E-state index contributed by atoms with van der Waals surface area (Å²) in [5.74, 6) is 0.961. The molecule has 0 amide bonds. The number of ether oxygens (including phenoxy) is 4. The number of carbonyl (C=O) groups is 4. The molecular weight excluding hydrogens is 1320 g/mol. The molecule has 600 valence electrons. The van der Waals surface area contributed by atoms with Crippen molar-refractivity contribution in [3.63, 3.8) is 0 Å². The second-order valence-corrected chi connectivity index (χ2v) is 34.3. The fourth-order valence-electron chi connectivity index (χ4n) is 12.6. The fourth-order valence-corrected chi connectivity index (χ4v) is 14.2. The Hall–Kier alpha value is -1.94. The molecule has 0 aliphatic carbocycles. The molecule has 0 fully saturated rings. The highest BCUT2D eigenvalue weighted by Crippen LogP contribution is 2.45. The summed E-state index contributed by atoms with van der Waals surface area (Å²) in [6, 6.07) is 0. The van der Waals surface area contributed by atoms with Gasteiger partial charge in [0, 0.05) is 25.7 Å². The zero-order valence-electron chi connectivity index (χ0n) is 66.5. The average Bonchev–Trinajstić information content (AvgIpc) is 0.957. The quantitative estimate of drug-likeness (QED) is 0.0222. The van der Waals surface area contributed by atoms with Gasteiger partial charge in [0.2, 0.25) is 0 Å². The standard InChI is InChI=1S/C82H160O17P2/c1-72(2)58-50-42-34-27-21-17-13-11-9-10-12-14-19-23-30-38-46-54-62-79(84)92-68-77(98-82(87)65-57-49-40-32-26-25-29-36-44-52-60-74(5)6)70-96-100(88,89)94-66-76(83)67-95-101(90,91)97-71-78(69-93-80(85)63-55-47-41-33-37-45-53-61-75(7)8)99-81(86)64-56-48-39-31-24-20-16-15-18-22-28-35-43-51-59-73(3)4/h72-78,83H,9-71H2,1-8H3,(H,88,89)(H,90,91)/t76?,77-,78-/m1/s1. The number of esters is 4. The largest absolute Gasteiger partial charge is 0.472 e. The van der Waals surface area contributed by atoms with Gasteiger partial charge < -0.3 is 33.8 Å². The summed E-state index contributed by atoms with van der Waals surface area (Å²) in [6.07, 6.45) is 58.5. The normalized spacial score (nSPS) is 14.0. The monoisotopic (exact) mass is 1480 g/mol. The van der Waals surface area contributed by atoms with E-state index in [2.05, 4.69) is 55.4 Å². The lowest BCUT2D eigenvalue weighted by atomic mass is 10.0. The van der Waals surface area contributed by atoms with E-state index in [4.69, 9.17) is 37.0 Å². The third-order valence-corrected chi connectivity index (χ3v) is 21.0. The molecule has 0 aromatic heterocycles. The topological polar surface area (TPSA) is 237 Å². The zero-order valence-corrected chi connectivity index (χ0v) is 68.3. The van der Waals surface area contributed by atoms with Crippen molar-refractivity contribution in [3.8, 4) is 0 Å². The molecule has 0 aromatic carbocycles. The van der Waals surface area contributed by atoms with Gasteiger partial charge in [0.05, 0.1) is 26.4 Å². The number of carbonyl (C=O) groups excluding carboxylic acids is 4. The van der Waals surface area contributed by atoms with E-state index in [1.54, 1.807) is 0 Å². The molecule has 0 aliphatic rings. The molecular formula is C82H160O17P2. The van der Waals surface area contributed by atoms with Crippen LogP contribution < -0.4 is 0 Å². The molecule has 17 nitrogen and oxygen atoms in total. The second kappa shape index (κ2) is 71.0. The van der Waals surface area contributed by atoms with Gasteiger partial charge in [-0.15, -0.1) is 0 Å². The second-order valence-electron chi connectivity index (χ2n) is 31.4. The predicted octanol–water partition coefficient (Wildman–Crippen LogP) is 24.4. The summed E-state index contributed by atoms with van der Waals surface area (Å²) in [5.41, 5.74) is 0. The Balaban J connectivity index is 5.19. The molecule has 0 saturated carbocycles. The molecule has 0 aromatic rings. The number of unbranched alkanes of at least 4 members (excludes halogenated alkanes) is 45. The van der Waals surface area contributed by atoms with Crippen molar-refractivity contribution in [2.45, 2.75) is 440 Å². The van der Waals surface area contributed by atoms with Crippen LogP contribution in [-0.2, 0) is 65.4 Å². The van der Waals surface area contributed by atoms with E-state index in [1.807, 2.05) is 0 Å². The Bertz CT molecular complexity index is 1970. The van der Waals surface area contributed by atoms with E-state index >= 15 is 0 Å². The van der Waals surface area contributed by atoms with Crippen LogP contribution in [0.5, 0.6) is 0 Å². The first-order chi connectivity index (χ1) is 48.6. The zero-order chi connectivity index (χ0) is 74.6. The smallest absolute Gasteiger partial charge is 0.462 e. The minimum atomic E-state index is -4.96. The summed E-state index contributed by atoms with van der Waals surface area (Å²) in [6.45, 7) is 14.2. The molecule has 3 unspecified atom stereocenters. The molecule has 0 radical (unpaired) electrons. The lowest BCUT2D eigenvalue weighted by molar-refractivity contribution is -0.161. The number of aliphatic hydroxyl groups is 1. The predicted molar refractivity (Wildman–Crippen MR) is 414 cm³/mol. The van der Waals surface area contributed by atoms with Crippen LogP contribution in [0.3, 0.4) is 0 Å². The highest BCUT2D eigenvalue weighted by molar-refractivity contribution is 7.47. The average molecular weight is 1480 g/mol. The Morgan fingerprint density at radius 1 is 0.248 bits per heavy atom. The van der Waals surface area contributed by atoms with Crippen LogP contribution >= 0.6 is 15.6 Å². The first-order valence-electron chi connectivity index (χ1n) is 42.2. The van der Waals surface area contributed by atoms with Crippen LogP contribution in [0.15, 0.2) is 0 Å². The van der Waals surface area contributed by atoms with Crippen LogP contribution in [0.1, 0.15) is 421 Å². The Labute approximate surface area is 619 Å². The molecule has 0 aliphatic heterocycles. The minimum absolute atomic E-state index is 0.106. The number of rotatable bonds is 79. The third-order valence-electron chi connectivity index (χ3n) is 19.1. The van der Waals surface area contributed by atoms with Crippen LogP contribution in [0.2, 0.25) is 0 Å². The van der Waals surface area contributed by atoms with Gasteiger partial charge in [-0.1, -0.05) is 370 Å².